The zero-order chi connectivity index (χ0) is 18.5. The van der Waals surface area contributed by atoms with E-state index in [4.69, 9.17) is 21.1 Å². The highest BCUT2D eigenvalue weighted by atomic mass is 127. The Morgan fingerprint density at radius 2 is 2.00 bits per heavy atom. The van der Waals surface area contributed by atoms with Gasteiger partial charge in [0.1, 0.15) is 5.76 Å². The summed E-state index contributed by atoms with van der Waals surface area (Å²) in [5, 5.41) is 8.19. The van der Waals surface area contributed by atoms with E-state index >= 15 is 0 Å². The zero-order valence-electron chi connectivity index (χ0n) is 16.0. The van der Waals surface area contributed by atoms with E-state index in [2.05, 4.69) is 33.3 Å². The van der Waals surface area contributed by atoms with Crippen LogP contribution in [0.2, 0.25) is 5.02 Å². The van der Waals surface area contributed by atoms with Crippen LogP contribution >= 0.6 is 35.6 Å². The van der Waals surface area contributed by atoms with Gasteiger partial charge in [0.25, 0.3) is 0 Å². The molecule has 27 heavy (non-hydrogen) atoms. The molecule has 1 aromatic heterocycles. The zero-order valence-corrected chi connectivity index (χ0v) is 19.1. The average molecular weight is 504 g/mol. The predicted octanol–water partition coefficient (Wildman–Crippen LogP) is 3.85. The topological polar surface area (TPSA) is 56.9 Å². The van der Waals surface area contributed by atoms with Crippen molar-refractivity contribution in [2.45, 2.75) is 27.3 Å². The number of nitrogens with zero attached hydrogens (tertiary/aromatic N) is 4. The van der Waals surface area contributed by atoms with Gasteiger partial charge in [0.05, 0.1) is 12.2 Å². The Hall–Kier alpha value is -1.48. The molecule has 8 heteroatoms. The lowest BCUT2D eigenvalue weighted by Gasteiger charge is -2.37. The van der Waals surface area contributed by atoms with E-state index in [0.29, 0.717) is 6.54 Å². The highest BCUT2D eigenvalue weighted by Crippen LogP contribution is 2.21. The second-order valence-corrected chi connectivity index (χ2v) is 6.86. The minimum Gasteiger partial charge on any atom is -0.368 e. The van der Waals surface area contributed by atoms with Gasteiger partial charge in [0.15, 0.2) is 5.96 Å². The first-order chi connectivity index (χ1) is 12.6. The van der Waals surface area contributed by atoms with Crippen molar-refractivity contribution < 1.29 is 4.52 Å². The van der Waals surface area contributed by atoms with Crippen molar-refractivity contribution in [3.63, 3.8) is 0 Å². The molecule has 2 aromatic rings. The summed E-state index contributed by atoms with van der Waals surface area (Å²) >= 11 is 6.12. The quantitative estimate of drug-likeness (QED) is 0.390. The summed E-state index contributed by atoms with van der Waals surface area (Å²) in [6.45, 7) is 11.1. The van der Waals surface area contributed by atoms with Crippen LogP contribution in [0, 0.1) is 13.8 Å². The molecule has 6 nitrogen and oxygen atoms in total. The van der Waals surface area contributed by atoms with E-state index in [1.54, 1.807) is 0 Å². The number of aryl methyl sites for hydroxylation is 2. The van der Waals surface area contributed by atoms with Gasteiger partial charge >= 0.3 is 0 Å². The minimum absolute atomic E-state index is 0. The number of guanidine groups is 1. The van der Waals surface area contributed by atoms with Crippen molar-refractivity contribution in [1.29, 1.82) is 0 Å². The van der Waals surface area contributed by atoms with Gasteiger partial charge in [-0.2, -0.15) is 0 Å². The molecule has 2 heterocycles. The fourth-order valence-electron chi connectivity index (χ4n) is 3.16. The monoisotopic (exact) mass is 503 g/mol. The molecule has 0 bridgehead atoms. The lowest BCUT2D eigenvalue weighted by Crippen LogP contribution is -2.52. The molecule has 0 atom stereocenters. The summed E-state index contributed by atoms with van der Waals surface area (Å²) in [7, 11) is 0. The van der Waals surface area contributed by atoms with Gasteiger partial charge in [0, 0.05) is 49.0 Å². The highest BCUT2D eigenvalue weighted by Gasteiger charge is 2.20. The number of hydrogen-bond donors (Lipinski definition) is 1. The van der Waals surface area contributed by atoms with Crippen molar-refractivity contribution in [2.24, 2.45) is 4.99 Å². The van der Waals surface area contributed by atoms with Crippen LogP contribution in [0.25, 0.3) is 0 Å². The number of benzene rings is 1. The van der Waals surface area contributed by atoms with Gasteiger partial charge in [-0.1, -0.05) is 22.8 Å². The Morgan fingerprint density at radius 1 is 1.26 bits per heavy atom. The third kappa shape index (κ3) is 5.51. The Balaban J connectivity index is 0.00000261. The van der Waals surface area contributed by atoms with Crippen LogP contribution in [0.5, 0.6) is 0 Å². The summed E-state index contributed by atoms with van der Waals surface area (Å²) in [5.41, 5.74) is 3.15. The van der Waals surface area contributed by atoms with Crippen molar-refractivity contribution in [3.8, 4) is 0 Å². The molecule has 1 aliphatic heterocycles. The molecule has 0 amide bonds. The Morgan fingerprint density at radius 3 is 2.59 bits per heavy atom. The first-order valence-electron chi connectivity index (χ1n) is 9.04. The molecule has 1 N–H and O–H groups in total. The standard InChI is InChI=1S/C19H26ClN5O.HI/c1-4-21-19(22-13-18-14(2)23-26-15(18)3)25-10-8-24(9-11-25)17-7-5-6-16(20)12-17;/h5-7,12H,4,8-11,13H2,1-3H3,(H,21,22);1H. The Labute approximate surface area is 183 Å². The highest BCUT2D eigenvalue weighted by molar-refractivity contribution is 14.0. The lowest BCUT2D eigenvalue weighted by molar-refractivity contribution is 0.372. The third-order valence-electron chi connectivity index (χ3n) is 4.66. The maximum Gasteiger partial charge on any atom is 0.194 e. The molecule has 1 aliphatic rings. The molecule has 0 radical (unpaired) electrons. The lowest BCUT2D eigenvalue weighted by atomic mass is 10.2. The van der Waals surface area contributed by atoms with Gasteiger partial charge < -0.3 is 19.6 Å². The van der Waals surface area contributed by atoms with Gasteiger partial charge in [0.2, 0.25) is 0 Å². The summed E-state index contributed by atoms with van der Waals surface area (Å²) < 4.78 is 5.23. The summed E-state index contributed by atoms with van der Waals surface area (Å²) in [6.07, 6.45) is 0. The molecular formula is C19H27ClIN5O. The van der Waals surface area contributed by atoms with Crippen LogP contribution in [0.4, 0.5) is 5.69 Å². The normalized spacial score (nSPS) is 14.9. The second-order valence-electron chi connectivity index (χ2n) is 6.43. The number of nitrogens with one attached hydrogen (secondary N) is 1. The molecule has 0 saturated carbocycles. The fraction of sp³-hybridized carbons (Fsp3) is 0.474. The van der Waals surface area contributed by atoms with Crippen LogP contribution in [0.3, 0.4) is 0 Å². The molecule has 3 rings (SSSR count). The molecule has 0 spiro atoms. The number of anilines is 1. The number of aromatic nitrogens is 1. The number of piperazine rings is 1. The number of hydrogen-bond acceptors (Lipinski definition) is 4. The second kappa shape index (κ2) is 10.2. The van der Waals surface area contributed by atoms with Gasteiger partial charge in [-0.25, -0.2) is 4.99 Å². The van der Waals surface area contributed by atoms with Crippen LogP contribution in [0.1, 0.15) is 23.9 Å². The molecule has 1 aromatic carbocycles. The fourth-order valence-corrected chi connectivity index (χ4v) is 3.34. The first kappa shape index (κ1) is 21.8. The summed E-state index contributed by atoms with van der Waals surface area (Å²) in [4.78, 5) is 9.47. The van der Waals surface area contributed by atoms with Crippen LogP contribution < -0.4 is 10.2 Å². The number of rotatable bonds is 4. The van der Waals surface area contributed by atoms with Crippen molar-refractivity contribution in [2.75, 3.05) is 37.6 Å². The van der Waals surface area contributed by atoms with E-state index < -0.39 is 0 Å². The maximum atomic E-state index is 6.12. The van der Waals surface area contributed by atoms with E-state index in [0.717, 1.165) is 60.7 Å². The molecular weight excluding hydrogens is 477 g/mol. The van der Waals surface area contributed by atoms with Crippen LogP contribution in [-0.4, -0.2) is 48.7 Å². The summed E-state index contributed by atoms with van der Waals surface area (Å²) in [5.74, 6) is 1.78. The van der Waals surface area contributed by atoms with Crippen molar-refractivity contribution in [1.82, 2.24) is 15.4 Å². The number of aliphatic imine (C=N–C) groups is 1. The third-order valence-corrected chi connectivity index (χ3v) is 4.89. The van der Waals surface area contributed by atoms with Crippen LogP contribution in [-0.2, 0) is 6.54 Å². The van der Waals surface area contributed by atoms with Gasteiger partial charge in [-0.05, 0) is 39.0 Å². The predicted molar refractivity (Wildman–Crippen MR) is 121 cm³/mol. The van der Waals surface area contributed by atoms with Crippen molar-refractivity contribution >= 4 is 47.2 Å². The molecule has 1 fully saturated rings. The first-order valence-corrected chi connectivity index (χ1v) is 9.41. The number of halogens is 2. The largest absolute Gasteiger partial charge is 0.368 e. The van der Waals surface area contributed by atoms with E-state index in [1.807, 2.05) is 32.0 Å². The maximum absolute atomic E-state index is 6.12. The van der Waals surface area contributed by atoms with Gasteiger partial charge in [-0.15, -0.1) is 24.0 Å². The molecule has 0 aliphatic carbocycles. The SMILES string of the molecule is CCNC(=NCc1c(C)noc1C)N1CCN(c2cccc(Cl)c2)CC1.I. The van der Waals surface area contributed by atoms with E-state index in [-0.39, 0.29) is 24.0 Å². The molecule has 1 saturated heterocycles. The minimum atomic E-state index is 0. The van der Waals surface area contributed by atoms with Crippen LogP contribution in [0.15, 0.2) is 33.8 Å². The van der Waals surface area contributed by atoms with Gasteiger partial charge in [-0.3, -0.25) is 0 Å². The van der Waals surface area contributed by atoms with E-state index in [9.17, 15) is 0 Å². The van der Waals surface area contributed by atoms with E-state index in [1.165, 1.54) is 5.69 Å². The molecule has 148 valence electrons. The van der Waals surface area contributed by atoms with Crippen molar-refractivity contribution in [3.05, 3.63) is 46.3 Å². The smallest absolute Gasteiger partial charge is 0.194 e. The molecule has 0 unspecified atom stereocenters. The summed E-state index contributed by atoms with van der Waals surface area (Å²) in [6, 6.07) is 8.04. The average Bonchev–Trinajstić information content (AvgIpc) is 2.97. The Bertz CT molecular complexity index is 752. The Kier molecular flexibility index (Phi) is 8.22.